The van der Waals surface area contributed by atoms with Crippen LogP contribution in [0.15, 0.2) is 29.1 Å². The Hall–Kier alpha value is -2.28. The lowest BCUT2D eigenvalue weighted by atomic mass is 10.3. The molecule has 1 aliphatic heterocycles. The van der Waals surface area contributed by atoms with E-state index in [4.69, 9.17) is 4.74 Å². The van der Waals surface area contributed by atoms with E-state index in [1.165, 1.54) is 0 Å². The highest BCUT2D eigenvalue weighted by molar-refractivity contribution is 5.75. The maximum atomic E-state index is 12.7. The van der Waals surface area contributed by atoms with E-state index in [2.05, 4.69) is 4.90 Å². The fourth-order valence-electron chi connectivity index (χ4n) is 3.20. The van der Waals surface area contributed by atoms with E-state index < -0.39 is 0 Å². The van der Waals surface area contributed by atoms with Gasteiger partial charge in [-0.05, 0) is 26.0 Å². The number of aryl methyl sites for hydroxylation is 1. The van der Waals surface area contributed by atoms with Gasteiger partial charge in [0.1, 0.15) is 0 Å². The lowest BCUT2D eigenvalue weighted by Gasteiger charge is -2.33. The van der Waals surface area contributed by atoms with Crippen molar-refractivity contribution in [2.24, 2.45) is 0 Å². The van der Waals surface area contributed by atoms with Crippen LogP contribution in [-0.2, 0) is 18.0 Å². The number of hydrogen-bond donors (Lipinski definition) is 0. The average molecular weight is 332 g/mol. The summed E-state index contributed by atoms with van der Waals surface area (Å²) >= 11 is 0. The second kappa shape index (κ2) is 7.09. The lowest BCUT2D eigenvalue weighted by molar-refractivity contribution is 0.0710. The van der Waals surface area contributed by atoms with E-state index >= 15 is 0 Å². The van der Waals surface area contributed by atoms with Crippen LogP contribution in [0.2, 0.25) is 0 Å². The molecular formula is C17H24N4O3. The van der Waals surface area contributed by atoms with Crippen molar-refractivity contribution < 1.29 is 9.53 Å². The SMILES string of the molecule is CCOC(=O)N1CCN(Cn2c(=O)n(CC)c3ccccc32)CC1. The molecule has 1 aromatic heterocycles. The van der Waals surface area contributed by atoms with Crippen LogP contribution in [0.1, 0.15) is 13.8 Å². The molecule has 0 unspecified atom stereocenters. The molecule has 1 aromatic carbocycles. The number of carbonyl (C=O) groups excluding carboxylic acids is 1. The normalized spacial score (nSPS) is 15.8. The second-order valence-electron chi connectivity index (χ2n) is 5.89. The molecule has 0 atom stereocenters. The van der Waals surface area contributed by atoms with Crippen molar-refractivity contribution in [1.82, 2.24) is 18.9 Å². The van der Waals surface area contributed by atoms with Gasteiger partial charge in [-0.15, -0.1) is 0 Å². The van der Waals surface area contributed by atoms with Crippen LogP contribution in [0.5, 0.6) is 0 Å². The molecule has 0 aliphatic carbocycles. The fourth-order valence-corrected chi connectivity index (χ4v) is 3.20. The highest BCUT2D eigenvalue weighted by atomic mass is 16.6. The summed E-state index contributed by atoms with van der Waals surface area (Å²) in [4.78, 5) is 28.3. The predicted octanol–water partition coefficient (Wildman–Crippen LogP) is 1.55. The summed E-state index contributed by atoms with van der Waals surface area (Å²) in [5.74, 6) is 0. The van der Waals surface area contributed by atoms with Gasteiger partial charge in [0.2, 0.25) is 0 Å². The van der Waals surface area contributed by atoms with Crippen molar-refractivity contribution in [3.05, 3.63) is 34.7 Å². The number of imidazole rings is 1. The van der Waals surface area contributed by atoms with Crippen molar-refractivity contribution in [2.75, 3.05) is 32.8 Å². The Morgan fingerprint density at radius 2 is 1.67 bits per heavy atom. The Balaban J connectivity index is 1.74. The first-order valence-corrected chi connectivity index (χ1v) is 8.47. The second-order valence-corrected chi connectivity index (χ2v) is 5.89. The van der Waals surface area contributed by atoms with Gasteiger partial charge in [0.15, 0.2) is 0 Å². The zero-order chi connectivity index (χ0) is 17.1. The number of carbonyl (C=O) groups is 1. The summed E-state index contributed by atoms with van der Waals surface area (Å²) in [6, 6.07) is 7.88. The minimum atomic E-state index is -0.253. The van der Waals surface area contributed by atoms with Crippen LogP contribution >= 0.6 is 0 Å². The third kappa shape index (κ3) is 3.03. The van der Waals surface area contributed by atoms with E-state index in [0.29, 0.717) is 32.9 Å². The van der Waals surface area contributed by atoms with Gasteiger partial charge in [0.25, 0.3) is 0 Å². The van der Waals surface area contributed by atoms with Crippen LogP contribution in [-0.4, -0.2) is 57.8 Å². The van der Waals surface area contributed by atoms with E-state index in [0.717, 1.165) is 24.1 Å². The summed E-state index contributed by atoms with van der Waals surface area (Å²) < 4.78 is 8.65. The number of benzene rings is 1. The average Bonchev–Trinajstić information content (AvgIpc) is 2.87. The minimum Gasteiger partial charge on any atom is -0.450 e. The smallest absolute Gasteiger partial charge is 0.409 e. The summed E-state index contributed by atoms with van der Waals surface area (Å²) in [7, 11) is 0. The summed E-state index contributed by atoms with van der Waals surface area (Å²) in [6.45, 7) is 8.10. The first-order valence-electron chi connectivity index (χ1n) is 8.47. The molecule has 3 rings (SSSR count). The molecule has 1 amide bonds. The molecule has 7 nitrogen and oxygen atoms in total. The Morgan fingerprint density at radius 1 is 1.04 bits per heavy atom. The molecule has 0 N–H and O–H groups in total. The van der Waals surface area contributed by atoms with Crippen LogP contribution in [0.25, 0.3) is 11.0 Å². The highest BCUT2D eigenvalue weighted by Crippen LogP contribution is 2.14. The van der Waals surface area contributed by atoms with Crippen molar-refractivity contribution in [3.8, 4) is 0 Å². The molecule has 1 saturated heterocycles. The number of ether oxygens (including phenoxy) is 1. The van der Waals surface area contributed by atoms with Crippen molar-refractivity contribution >= 4 is 17.1 Å². The van der Waals surface area contributed by atoms with Gasteiger partial charge in [-0.2, -0.15) is 0 Å². The number of para-hydroxylation sites is 2. The van der Waals surface area contributed by atoms with Gasteiger partial charge in [0.05, 0.1) is 24.3 Å². The number of piperazine rings is 1. The third-order valence-electron chi connectivity index (χ3n) is 4.48. The molecule has 2 heterocycles. The number of fused-ring (bicyclic) bond motifs is 1. The Kier molecular flexibility index (Phi) is 4.89. The molecule has 7 heteroatoms. The van der Waals surface area contributed by atoms with Crippen LogP contribution in [0.4, 0.5) is 4.79 Å². The summed E-state index contributed by atoms with van der Waals surface area (Å²) in [5.41, 5.74) is 1.94. The molecular weight excluding hydrogens is 308 g/mol. The summed E-state index contributed by atoms with van der Waals surface area (Å²) in [5, 5.41) is 0. The van der Waals surface area contributed by atoms with Gasteiger partial charge in [-0.3, -0.25) is 14.0 Å². The van der Waals surface area contributed by atoms with E-state index in [-0.39, 0.29) is 11.8 Å². The largest absolute Gasteiger partial charge is 0.450 e. The van der Waals surface area contributed by atoms with E-state index in [1.54, 1.807) is 9.47 Å². The number of rotatable bonds is 4. The van der Waals surface area contributed by atoms with Crippen LogP contribution < -0.4 is 5.69 Å². The number of nitrogens with zero attached hydrogens (tertiary/aromatic N) is 4. The van der Waals surface area contributed by atoms with Gasteiger partial charge in [0, 0.05) is 32.7 Å². The topological polar surface area (TPSA) is 59.7 Å². The van der Waals surface area contributed by atoms with Gasteiger partial charge < -0.3 is 9.64 Å². The predicted molar refractivity (Wildman–Crippen MR) is 92.0 cm³/mol. The van der Waals surface area contributed by atoms with Gasteiger partial charge in [-0.25, -0.2) is 9.59 Å². The fraction of sp³-hybridized carbons (Fsp3) is 0.529. The molecule has 0 radical (unpaired) electrons. The maximum Gasteiger partial charge on any atom is 0.409 e. The Bertz CT molecular complexity index is 772. The molecule has 2 aromatic rings. The molecule has 24 heavy (non-hydrogen) atoms. The molecule has 1 aliphatic rings. The minimum absolute atomic E-state index is 0.0199. The van der Waals surface area contributed by atoms with Crippen LogP contribution in [0, 0.1) is 0 Å². The number of aromatic nitrogens is 2. The highest BCUT2D eigenvalue weighted by Gasteiger charge is 2.23. The zero-order valence-corrected chi connectivity index (χ0v) is 14.3. The molecule has 130 valence electrons. The van der Waals surface area contributed by atoms with Gasteiger partial charge >= 0.3 is 11.8 Å². The lowest BCUT2D eigenvalue weighted by Crippen LogP contribution is -2.49. The standard InChI is InChI=1S/C17H24N4O3/c1-3-20-14-7-5-6-8-15(14)21(16(20)22)13-18-9-11-19(12-10-18)17(23)24-4-2/h5-8H,3-4,9-13H2,1-2H3. The van der Waals surface area contributed by atoms with E-state index in [9.17, 15) is 9.59 Å². The molecule has 0 bridgehead atoms. The molecule has 1 fully saturated rings. The summed E-state index contributed by atoms with van der Waals surface area (Å²) in [6.07, 6.45) is -0.253. The maximum absolute atomic E-state index is 12.7. The van der Waals surface area contributed by atoms with Crippen molar-refractivity contribution in [2.45, 2.75) is 27.1 Å². The first kappa shape index (κ1) is 16.6. The van der Waals surface area contributed by atoms with Crippen LogP contribution in [0.3, 0.4) is 0 Å². The first-order chi connectivity index (χ1) is 11.7. The molecule has 0 saturated carbocycles. The van der Waals surface area contributed by atoms with Crippen molar-refractivity contribution in [1.29, 1.82) is 0 Å². The third-order valence-corrected chi connectivity index (χ3v) is 4.48. The quantitative estimate of drug-likeness (QED) is 0.852. The Morgan fingerprint density at radius 3 is 2.25 bits per heavy atom. The number of amides is 1. The number of hydrogen-bond acceptors (Lipinski definition) is 4. The monoisotopic (exact) mass is 332 g/mol. The van der Waals surface area contributed by atoms with Gasteiger partial charge in [-0.1, -0.05) is 12.1 Å². The Labute approximate surface area is 141 Å². The van der Waals surface area contributed by atoms with Crippen molar-refractivity contribution in [3.63, 3.8) is 0 Å². The zero-order valence-electron chi connectivity index (χ0n) is 14.3. The van der Waals surface area contributed by atoms with E-state index in [1.807, 2.05) is 42.7 Å². The molecule has 0 spiro atoms.